The number of anilines is 2. The first-order valence-electron chi connectivity index (χ1n) is 11.0. The van der Waals surface area contributed by atoms with Gasteiger partial charge in [0, 0.05) is 0 Å². The molecule has 0 aromatic heterocycles. The summed E-state index contributed by atoms with van der Waals surface area (Å²) in [4.78, 5) is 80.3. The lowest BCUT2D eigenvalue weighted by Crippen LogP contribution is -2.51. The highest BCUT2D eigenvalue weighted by Gasteiger charge is 2.54. The summed E-state index contributed by atoms with van der Waals surface area (Å²) in [5, 5.41) is 0. The molecule has 1 aromatic rings. The molecule has 2 aliphatic rings. The maximum absolute atomic E-state index is 13.3. The number of carbonyl (C=O) groups is 6. The summed E-state index contributed by atoms with van der Waals surface area (Å²) in [5.41, 5.74) is -2.00. The number of hydrogen-bond acceptors (Lipinski definition) is 14. The van der Waals surface area contributed by atoms with E-state index in [9.17, 15) is 28.8 Å². The highest BCUT2D eigenvalue weighted by Crippen LogP contribution is 2.51. The predicted molar refractivity (Wildman–Crippen MR) is 129 cm³/mol. The van der Waals surface area contributed by atoms with Gasteiger partial charge in [-0.25, -0.2) is 28.8 Å². The van der Waals surface area contributed by atoms with E-state index in [4.69, 9.17) is 23.7 Å². The van der Waals surface area contributed by atoms with Gasteiger partial charge in [0.2, 0.25) is 0 Å². The lowest BCUT2D eigenvalue weighted by atomic mass is 9.89. The predicted octanol–water partition coefficient (Wildman–Crippen LogP) is 0.125. The standard InChI is InChI=1S/C25H24N2O12/c1-34-15(28)11-14(21(29)35-2)26-12-9-7-8-10-13(12)27-19(25(33)39-6)17(23(31)37-4)16(22(30)36-3)18(20(26)27)24(32)38-5/h7-11,19H,1-6H3/b14-11+/t19-/m0/s1. The minimum absolute atomic E-state index is 0.152. The molecule has 0 saturated heterocycles. The summed E-state index contributed by atoms with van der Waals surface area (Å²) in [6.07, 6.45) is 0.790. The Morgan fingerprint density at radius 2 is 1.26 bits per heavy atom. The zero-order chi connectivity index (χ0) is 29.0. The van der Waals surface area contributed by atoms with Crippen molar-refractivity contribution < 1.29 is 57.2 Å². The van der Waals surface area contributed by atoms with Gasteiger partial charge >= 0.3 is 35.8 Å². The van der Waals surface area contributed by atoms with Crippen LogP contribution in [0.25, 0.3) is 0 Å². The van der Waals surface area contributed by atoms with Crippen molar-refractivity contribution in [2.24, 2.45) is 0 Å². The second-order valence-electron chi connectivity index (χ2n) is 7.63. The molecule has 39 heavy (non-hydrogen) atoms. The molecule has 14 heteroatoms. The number of para-hydroxylation sites is 2. The SMILES string of the molecule is COC(=O)/C=C(\C(=O)OC)N1C2=C(C(=O)OC)C(C(=O)OC)=C(C(=O)OC)[C@@H](C(=O)OC)N2c2ccccc21. The molecule has 206 valence electrons. The summed E-state index contributed by atoms with van der Waals surface area (Å²) >= 11 is 0. The van der Waals surface area contributed by atoms with E-state index < -0.39 is 64.3 Å². The smallest absolute Gasteiger partial charge is 0.355 e. The molecule has 0 fully saturated rings. The van der Waals surface area contributed by atoms with Gasteiger partial charge in [0.15, 0.2) is 6.04 Å². The summed E-state index contributed by atoms with van der Waals surface area (Å²) < 4.78 is 29.2. The van der Waals surface area contributed by atoms with E-state index in [2.05, 4.69) is 4.74 Å². The number of nitrogens with zero attached hydrogens (tertiary/aromatic N) is 2. The molecule has 0 spiro atoms. The van der Waals surface area contributed by atoms with Crippen LogP contribution in [0.3, 0.4) is 0 Å². The van der Waals surface area contributed by atoms with E-state index >= 15 is 0 Å². The topological polar surface area (TPSA) is 164 Å². The third-order valence-corrected chi connectivity index (χ3v) is 5.80. The van der Waals surface area contributed by atoms with Crippen molar-refractivity contribution >= 4 is 47.2 Å². The van der Waals surface area contributed by atoms with E-state index in [1.165, 1.54) is 17.0 Å². The fourth-order valence-corrected chi connectivity index (χ4v) is 4.20. The number of ether oxygens (including phenoxy) is 6. The van der Waals surface area contributed by atoms with Crippen LogP contribution in [0, 0.1) is 0 Å². The Labute approximate surface area is 221 Å². The number of rotatable bonds is 7. The monoisotopic (exact) mass is 544 g/mol. The van der Waals surface area contributed by atoms with Gasteiger partial charge in [-0.2, -0.15) is 0 Å². The normalized spacial score (nSPS) is 16.2. The Hall–Kier alpha value is -5.14. The minimum atomic E-state index is -1.72. The van der Waals surface area contributed by atoms with Crippen molar-refractivity contribution in [1.82, 2.24) is 0 Å². The van der Waals surface area contributed by atoms with E-state index in [-0.39, 0.29) is 17.2 Å². The Morgan fingerprint density at radius 1 is 0.692 bits per heavy atom. The third-order valence-electron chi connectivity index (χ3n) is 5.80. The van der Waals surface area contributed by atoms with Crippen LogP contribution in [0.5, 0.6) is 0 Å². The number of methoxy groups -OCH3 is 6. The van der Waals surface area contributed by atoms with Crippen LogP contribution in [0.2, 0.25) is 0 Å². The summed E-state index contributed by atoms with van der Waals surface area (Å²) in [6, 6.07) is 4.42. The molecular weight excluding hydrogens is 520 g/mol. The molecule has 0 amide bonds. The van der Waals surface area contributed by atoms with Gasteiger partial charge in [-0.3, -0.25) is 4.90 Å². The zero-order valence-electron chi connectivity index (χ0n) is 21.8. The number of carbonyl (C=O) groups excluding carboxylic acids is 6. The fraction of sp³-hybridized carbons (Fsp3) is 0.280. The largest absolute Gasteiger partial charge is 0.467 e. The molecule has 0 unspecified atom stereocenters. The number of hydrogen-bond donors (Lipinski definition) is 0. The zero-order valence-corrected chi connectivity index (χ0v) is 21.8. The van der Waals surface area contributed by atoms with Gasteiger partial charge in [0.1, 0.15) is 17.1 Å². The van der Waals surface area contributed by atoms with Crippen molar-refractivity contribution in [2.45, 2.75) is 6.04 Å². The number of fused-ring (bicyclic) bond motifs is 3. The van der Waals surface area contributed by atoms with Crippen LogP contribution in [0.15, 0.2) is 58.6 Å². The first-order chi connectivity index (χ1) is 18.6. The van der Waals surface area contributed by atoms with Crippen LogP contribution in [0.4, 0.5) is 11.4 Å². The van der Waals surface area contributed by atoms with E-state index in [0.29, 0.717) is 0 Å². The Balaban J connectivity index is 2.64. The summed E-state index contributed by atoms with van der Waals surface area (Å²) in [6.45, 7) is 0. The Bertz CT molecular complexity index is 1360. The average molecular weight is 544 g/mol. The maximum atomic E-state index is 13.3. The summed E-state index contributed by atoms with van der Waals surface area (Å²) in [5.74, 6) is -6.87. The number of esters is 6. The van der Waals surface area contributed by atoms with E-state index in [1.54, 1.807) is 12.1 Å². The van der Waals surface area contributed by atoms with Crippen LogP contribution in [0.1, 0.15) is 0 Å². The molecule has 1 atom stereocenters. The van der Waals surface area contributed by atoms with E-state index in [0.717, 1.165) is 53.6 Å². The Kier molecular flexibility index (Phi) is 8.38. The molecule has 0 aliphatic carbocycles. The van der Waals surface area contributed by atoms with Crippen LogP contribution in [-0.4, -0.2) is 84.5 Å². The molecular formula is C25H24N2O12. The second kappa shape index (κ2) is 11.5. The molecule has 0 N–H and O–H groups in total. The van der Waals surface area contributed by atoms with Gasteiger partial charge in [0.05, 0.1) is 71.3 Å². The van der Waals surface area contributed by atoms with Gasteiger partial charge in [-0.05, 0) is 12.1 Å². The molecule has 2 aliphatic heterocycles. The molecule has 0 saturated carbocycles. The van der Waals surface area contributed by atoms with Crippen molar-refractivity contribution in [1.29, 1.82) is 0 Å². The first kappa shape index (κ1) is 28.4. The molecule has 3 rings (SSSR count). The quantitative estimate of drug-likeness (QED) is 0.258. The molecule has 2 heterocycles. The van der Waals surface area contributed by atoms with Gasteiger partial charge in [0.25, 0.3) is 0 Å². The fourth-order valence-electron chi connectivity index (χ4n) is 4.20. The molecule has 0 radical (unpaired) electrons. The lowest BCUT2D eigenvalue weighted by Gasteiger charge is -2.37. The second-order valence-corrected chi connectivity index (χ2v) is 7.63. The van der Waals surface area contributed by atoms with Crippen molar-refractivity contribution in [3.05, 3.63) is 58.6 Å². The van der Waals surface area contributed by atoms with Crippen LogP contribution in [-0.2, 0) is 57.2 Å². The maximum Gasteiger partial charge on any atom is 0.355 e. The molecule has 0 bridgehead atoms. The molecule has 14 nitrogen and oxygen atoms in total. The van der Waals surface area contributed by atoms with Crippen molar-refractivity contribution in [2.75, 3.05) is 52.5 Å². The first-order valence-corrected chi connectivity index (χ1v) is 11.0. The molecule has 1 aromatic carbocycles. The van der Waals surface area contributed by atoms with E-state index in [1.807, 2.05) is 0 Å². The van der Waals surface area contributed by atoms with Gasteiger partial charge in [-0.1, -0.05) is 12.1 Å². The number of benzene rings is 1. The Morgan fingerprint density at radius 3 is 1.77 bits per heavy atom. The highest BCUT2D eigenvalue weighted by atomic mass is 16.5. The average Bonchev–Trinajstić information content (AvgIpc) is 3.30. The highest BCUT2D eigenvalue weighted by molar-refractivity contribution is 6.19. The minimum Gasteiger partial charge on any atom is -0.467 e. The van der Waals surface area contributed by atoms with Crippen molar-refractivity contribution in [3.8, 4) is 0 Å². The third kappa shape index (κ3) is 4.67. The van der Waals surface area contributed by atoms with Crippen LogP contribution < -0.4 is 9.80 Å². The van der Waals surface area contributed by atoms with Crippen LogP contribution >= 0.6 is 0 Å². The van der Waals surface area contributed by atoms with Gasteiger partial charge < -0.3 is 33.3 Å². The van der Waals surface area contributed by atoms with Crippen molar-refractivity contribution in [3.63, 3.8) is 0 Å². The van der Waals surface area contributed by atoms with Gasteiger partial charge in [-0.15, -0.1) is 0 Å². The lowest BCUT2D eigenvalue weighted by molar-refractivity contribution is -0.145. The summed E-state index contributed by atoms with van der Waals surface area (Å²) in [7, 11) is 6.18.